The van der Waals surface area contributed by atoms with Gasteiger partial charge in [0.15, 0.2) is 13.1 Å². The monoisotopic (exact) mass is 412 g/mol. The lowest BCUT2D eigenvalue weighted by Gasteiger charge is -2.19. The van der Waals surface area contributed by atoms with Gasteiger partial charge in [-0.1, -0.05) is 38.1 Å². The zero-order valence-corrected chi connectivity index (χ0v) is 18.7. The van der Waals surface area contributed by atoms with Gasteiger partial charge in [-0.25, -0.2) is 0 Å². The SMILES string of the molecule is COCC[NH+](CC(=O)Nc1ccc(C(C)C)cc1)CC(=O)Nc1cccc(C)c1C. The third-order valence-electron chi connectivity index (χ3n) is 5.22. The summed E-state index contributed by atoms with van der Waals surface area (Å²) in [6.07, 6.45) is 0. The molecule has 0 radical (unpaired) electrons. The number of methoxy groups -OCH3 is 1. The van der Waals surface area contributed by atoms with E-state index in [1.807, 2.05) is 56.3 Å². The third kappa shape index (κ3) is 7.28. The van der Waals surface area contributed by atoms with E-state index in [4.69, 9.17) is 4.74 Å². The molecule has 0 aliphatic rings. The van der Waals surface area contributed by atoms with E-state index in [0.29, 0.717) is 19.1 Å². The first-order valence-corrected chi connectivity index (χ1v) is 10.4. The molecule has 0 heterocycles. The van der Waals surface area contributed by atoms with Crippen LogP contribution in [0.3, 0.4) is 0 Å². The highest BCUT2D eigenvalue weighted by Gasteiger charge is 2.19. The first-order chi connectivity index (χ1) is 14.3. The molecule has 0 aromatic heterocycles. The summed E-state index contributed by atoms with van der Waals surface area (Å²) in [4.78, 5) is 26.0. The number of aryl methyl sites for hydroxylation is 1. The molecule has 3 N–H and O–H groups in total. The lowest BCUT2D eigenvalue weighted by molar-refractivity contribution is -0.883. The summed E-state index contributed by atoms with van der Waals surface area (Å²) in [7, 11) is 1.62. The molecule has 6 heteroatoms. The Morgan fingerprint density at radius 3 is 2.20 bits per heavy atom. The fraction of sp³-hybridized carbons (Fsp3) is 0.417. The van der Waals surface area contributed by atoms with Crippen LogP contribution in [0.4, 0.5) is 11.4 Å². The summed E-state index contributed by atoms with van der Waals surface area (Å²) in [6, 6.07) is 13.7. The number of nitrogens with one attached hydrogen (secondary N) is 3. The van der Waals surface area contributed by atoms with Crippen molar-refractivity contribution in [3.63, 3.8) is 0 Å². The summed E-state index contributed by atoms with van der Waals surface area (Å²) in [5.41, 5.74) is 4.96. The number of amides is 2. The molecule has 2 aromatic rings. The molecule has 2 amide bonds. The van der Waals surface area contributed by atoms with E-state index in [1.54, 1.807) is 7.11 Å². The van der Waals surface area contributed by atoms with Crippen molar-refractivity contribution in [1.82, 2.24) is 0 Å². The minimum absolute atomic E-state index is 0.121. The summed E-state index contributed by atoms with van der Waals surface area (Å²) in [6.45, 7) is 9.68. The highest BCUT2D eigenvalue weighted by Crippen LogP contribution is 2.18. The molecule has 1 unspecified atom stereocenters. The van der Waals surface area contributed by atoms with Gasteiger partial charge in [0.1, 0.15) is 6.54 Å². The maximum Gasteiger partial charge on any atom is 0.279 e. The van der Waals surface area contributed by atoms with Crippen LogP contribution in [0.5, 0.6) is 0 Å². The highest BCUT2D eigenvalue weighted by molar-refractivity contribution is 5.93. The molecule has 0 spiro atoms. The van der Waals surface area contributed by atoms with Crippen LogP contribution in [-0.4, -0.2) is 45.2 Å². The predicted octanol–water partition coefficient (Wildman–Crippen LogP) is 2.54. The maximum atomic E-state index is 12.6. The Kier molecular flexibility index (Phi) is 9.02. The number of benzene rings is 2. The van der Waals surface area contributed by atoms with Gasteiger partial charge in [0.25, 0.3) is 11.8 Å². The van der Waals surface area contributed by atoms with Crippen molar-refractivity contribution in [2.45, 2.75) is 33.6 Å². The standard InChI is InChI=1S/C24H33N3O3/c1-17(2)20-9-11-21(12-10-20)25-23(28)15-27(13-14-30-5)16-24(29)26-22-8-6-7-18(3)19(22)4/h6-12,17H,13-16H2,1-5H3,(H,25,28)(H,26,29)/p+1. The number of carbonyl (C=O) groups excluding carboxylic acids is 2. The van der Waals surface area contributed by atoms with Crippen LogP contribution >= 0.6 is 0 Å². The molecule has 162 valence electrons. The minimum atomic E-state index is -0.127. The second-order valence-corrected chi connectivity index (χ2v) is 7.97. The van der Waals surface area contributed by atoms with Gasteiger partial charge >= 0.3 is 0 Å². The number of quaternary nitrogens is 1. The molecule has 30 heavy (non-hydrogen) atoms. The van der Waals surface area contributed by atoms with Crippen LogP contribution in [-0.2, 0) is 14.3 Å². The number of anilines is 2. The molecule has 1 atom stereocenters. The van der Waals surface area contributed by atoms with Gasteiger partial charge in [0, 0.05) is 18.5 Å². The Hall–Kier alpha value is -2.70. The van der Waals surface area contributed by atoms with Crippen LogP contribution in [0.1, 0.15) is 36.5 Å². The van der Waals surface area contributed by atoms with E-state index in [2.05, 4.69) is 24.5 Å². The Balaban J connectivity index is 1.96. The van der Waals surface area contributed by atoms with Crippen molar-refractivity contribution >= 4 is 23.2 Å². The number of hydrogen-bond acceptors (Lipinski definition) is 3. The van der Waals surface area contributed by atoms with E-state index < -0.39 is 0 Å². The number of ether oxygens (including phenoxy) is 1. The van der Waals surface area contributed by atoms with Gasteiger partial charge in [-0.3, -0.25) is 9.59 Å². The smallest absolute Gasteiger partial charge is 0.279 e. The van der Waals surface area contributed by atoms with Crippen LogP contribution < -0.4 is 15.5 Å². The number of hydrogen-bond donors (Lipinski definition) is 3. The minimum Gasteiger partial charge on any atom is -0.379 e. The highest BCUT2D eigenvalue weighted by atomic mass is 16.5. The van der Waals surface area contributed by atoms with Gasteiger partial charge in [0.2, 0.25) is 0 Å². The van der Waals surface area contributed by atoms with Crippen LogP contribution in [0.25, 0.3) is 0 Å². The Morgan fingerprint density at radius 1 is 0.967 bits per heavy atom. The fourth-order valence-corrected chi connectivity index (χ4v) is 3.18. The van der Waals surface area contributed by atoms with Gasteiger partial charge < -0.3 is 20.3 Å². The molecule has 0 aliphatic carbocycles. The zero-order valence-electron chi connectivity index (χ0n) is 18.7. The van der Waals surface area contributed by atoms with Gasteiger partial charge in [-0.2, -0.15) is 0 Å². The number of rotatable bonds is 10. The Bertz CT molecular complexity index is 847. The average molecular weight is 413 g/mol. The first-order valence-electron chi connectivity index (χ1n) is 10.4. The molecular weight excluding hydrogens is 378 g/mol. The fourth-order valence-electron chi connectivity index (χ4n) is 3.18. The zero-order chi connectivity index (χ0) is 22.1. The Morgan fingerprint density at radius 2 is 1.60 bits per heavy atom. The molecule has 2 rings (SSSR count). The Labute approximate surface area is 179 Å². The van der Waals surface area contributed by atoms with Crippen molar-refractivity contribution in [3.8, 4) is 0 Å². The van der Waals surface area contributed by atoms with Crippen molar-refractivity contribution < 1.29 is 19.2 Å². The van der Waals surface area contributed by atoms with Crippen molar-refractivity contribution in [2.24, 2.45) is 0 Å². The average Bonchev–Trinajstić information content (AvgIpc) is 2.70. The van der Waals surface area contributed by atoms with Gasteiger partial charge in [-0.05, 0) is 54.7 Å². The number of carbonyl (C=O) groups is 2. The lowest BCUT2D eigenvalue weighted by Crippen LogP contribution is -3.14. The second-order valence-electron chi connectivity index (χ2n) is 7.97. The van der Waals surface area contributed by atoms with E-state index >= 15 is 0 Å². The van der Waals surface area contributed by atoms with E-state index in [1.165, 1.54) is 5.56 Å². The summed E-state index contributed by atoms with van der Waals surface area (Å²) >= 11 is 0. The molecule has 6 nitrogen and oxygen atoms in total. The largest absolute Gasteiger partial charge is 0.379 e. The maximum absolute atomic E-state index is 12.6. The summed E-state index contributed by atoms with van der Waals surface area (Å²) in [5, 5.41) is 5.89. The lowest BCUT2D eigenvalue weighted by atomic mass is 10.0. The van der Waals surface area contributed by atoms with E-state index in [-0.39, 0.29) is 24.9 Å². The topological polar surface area (TPSA) is 71.9 Å². The van der Waals surface area contributed by atoms with Crippen LogP contribution in [0.15, 0.2) is 42.5 Å². The molecule has 0 saturated heterocycles. The van der Waals surface area contributed by atoms with E-state index in [0.717, 1.165) is 27.4 Å². The summed E-state index contributed by atoms with van der Waals surface area (Å²) < 4.78 is 5.16. The van der Waals surface area contributed by atoms with Gasteiger partial charge in [0.05, 0.1) is 6.61 Å². The van der Waals surface area contributed by atoms with Crippen molar-refractivity contribution in [2.75, 3.05) is 44.0 Å². The van der Waals surface area contributed by atoms with Gasteiger partial charge in [-0.15, -0.1) is 0 Å². The van der Waals surface area contributed by atoms with Crippen molar-refractivity contribution in [1.29, 1.82) is 0 Å². The molecule has 0 bridgehead atoms. The second kappa shape index (κ2) is 11.5. The normalized spacial score (nSPS) is 11.9. The molecule has 0 fully saturated rings. The molecule has 2 aromatic carbocycles. The van der Waals surface area contributed by atoms with Crippen molar-refractivity contribution in [3.05, 3.63) is 59.2 Å². The van der Waals surface area contributed by atoms with Crippen LogP contribution in [0.2, 0.25) is 0 Å². The molecule has 0 saturated carbocycles. The summed E-state index contributed by atoms with van der Waals surface area (Å²) in [5.74, 6) is 0.195. The quantitative estimate of drug-likeness (QED) is 0.562. The molecule has 0 aliphatic heterocycles. The van der Waals surface area contributed by atoms with E-state index in [9.17, 15) is 9.59 Å². The molecular formula is C24H34N3O3+. The third-order valence-corrected chi connectivity index (χ3v) is 5.22. The first kappa shape index (κ1) is 23.6. The predicted molar refractivity (Wildman–Crippen MR) is 121 cm³/mol. The van der Waals surface area contributed by atoms with Crippen LogP contribution in [0, 0.1) is 13.8 Å².